The van der Waals surface area contributed by atoms with Gasteiger partial charge in [0.15, 0.2) is 0 Å². The van der Waals surface area contributed by atoms with Crippen LogP contribution in [0.3, 0.4) is 0 Å². The first-order chi connectivity index (χ1) is 22.5. The van der Waals surface area contributed by atoms with E-state index in [9.17, 15) is 0 Å². The summed E-state index contributed by atoms with van der Waals surface area (Å²) in [5.74, 6) is 0.786. The Bertz CT molecular complexity index is 2640. The zero-order valence-corrected chi connectivity index (χ0v) is 23.0. The number of hydrogen-bond donors (Lipinski definition) is 0. The molecular formula is C39H25N3O. The van der Waals surface area contributed by atoms with E-state index in [1.807, 2.05) is 54.6 Å². The lowest BCUT2D eigenvalue weighted by Crippen LogP contribution is -1.99. The summed E-state index contributed by atoms with van der Waals surface area (Å²) in [6.45, 7) is -2.21. The number of hydrogen-bond acceptors (Lipinski definition) is 3. The fraction of sp³-hybridized carbons (Fsp3) is 0.0256. The SMILES string of the molecule is [2H]C([2H])([2H])c1ccc(-c2cnc3oc4c(-c5nc6ccccc6n5-c5cccc6ccccc56)cccc4c3c2)c2ccccc12. The Kier molecular flexibility index (Phi) is 4.47. The molecule has 4 heteroatoms. The highest BCUT2D eigenvalue weighted by atomic mass is 16.3. The number of aromatic nitrogens is 3. The topological polar surface area (TPSA) is 43.9 Å². The van der Waals surface area contributed by atoms with Gasteiger partial charge in [-0.05, 0) is 64.5 Å². The van der Waals surface area contributed by atoms with E-state index in [1.54, 1.807) is 12.3 Å². The number of fused-ring (bicyclic) bond motifs is 6. The number of aryl methyl sites for hydroxylation is 1. The molecule has 0 radical (unpaired) electrons. The van der Waals surface area contributed by atoms with Gasteiger partial charge in [-0.2, -0.15) is 0 Å². The summed E-state index contributed by atoms with van der Waals surface area (Å²) in [5, 5.41) is 5.69. The average Bonchev–Trinajstić information content (AvgIpc) is 3.65. The van der Waals surface area contributed by atoms with Gasteiger partial charge < -0.3 is 4.42 Å². The van der Waals surface area contributed by atoms with Crippen LogP contribution in [0.4, 0.5) is 0 Å². The van der Waals surface area contributed by atoms with Crippen molar-refractivity contribution in [3.63, 3.8) is 0 Å². The third-order valence-electron chi connectivity index (χ3n) is 8.40. The molecule has 3 aromatic heterocycles. The maximum absolute atomic E-state index is 8.05. The monoisotopic (exact) mass is 554 g/mol. The molecule has 6 aromatic carbocycles. The Morgan fingerprint density at radius 2 is 1.42 bits per heavy atom. The molecule has 0 amide bonds. The van der Waals surface area contributed by atoms with E-state index in [0.29, 0.717) is 22.2 Å². The Balaban J connectivity index is 1.28. The normalized spacial score (nSPS) is 13.2. The third kappa shape index (κ3) is 3.57. The van der Waals surface area contributed by atoms with Crippen LogP contribution in [0.15, 0.2) is 138 Å². The van der Waals surface area contributed by atoms with Gasteiger partial charge in [0.05, 0.1) is 22.3 Å². The fourth-order valence-corrected chi connectivity index (χ4v) is 6.41. The van der Waals surface area contributed by atoms with Crippen LogP contribution in [0.25, 0.3) is 82.8 Å². The lowest BCUT2D eigenvalue weighted by atomic mass is 9.96. The molecular weight excluding hydrogens is 526 g/mol. The summed E-state index contributed by atoms with van der Waals surface area (Å²) in [7, 11) is 0. The van der Waals surface area contributed by atoms with Gasteiger partial charge in [0, 0.05) is 32.0 Å². The molecule has 0 atom stereocenters. The Hall–Kier alpha value is -5.74. The molecule has 0 bridgehead atoms. The van der Waals surface area contributed by atoms with Crippen molar-refractivity contribution in [1.82, 2.24) is 14.5 Å². The van der Waals surface area contributed by atoms with Gasteiger partial charge in [0.2, 0.25) is 5.71 Å². The van der Waals surface area contributed by atoms with Crippen LogP contribution in [-0.2, 0) is 0 Å². The first kappa shape index (κ1) is 21.0. The summed E-state index contributed by atoms with van der Waals surface area (Å²) in [6, 6.07) is 42.4. The Morgan fingerprint density at radius 1 is 0.651 bits per heavy atom. The lowest BCUT2D eigenvalue weighted by molar-refractivity contribution is 0.654. The summed E-state index contributed by atoms with van der Waals surface area (Å²) in [5.41, 5.74) is 7.20. The average molecular weight is 555 g/mol. The highest BCUT2D eigenvalue weighted by molar-refractivity contribution is 6.10. The van der Waals surface area contributed by atoms with Crippen LogP contribution in [0.1, 0.15) is 9.68 Å². The van der Waals surface area contributed by atoms with Gasteiger partial charge in [-0.1, -0.05) is 97.1 Å². The second-order valence-corrected chi connectivity index (χ2v) is 10.8. The summed E-state index contributed by atoms with van der Waals surface area (Å²) in [4.78, 5) is 9.92. The number of nitrogens with zero attached hydrogens (tertiary/aromatic N) is 3. The molecule has 0 fully saturated rings. The predicted molar refractivity (Wildman–Crippen MR) is 177 cm³/mol. The van der Waals surface area contributed by atoms with E-state index in [1.165, 1.54) is 0 Å². The number of furan rings is 1. The maximum Gasteiger partial charge on any atom is 0.227 e. The van der Waals surface area contributed by atoms with Crippen molar-refractivity contribution in [2.24, 2.45) is 0 Å². The van der Waals surface area contributed by atoms with E-state index in [-0.39, 0.29) is 0 Å². The summed E-state index contributed by atoms with van der Waals surface area (Å²) >= 11 is 0. The highest BCUT2D eigenvalue weighted by Gasteiger charge is 2.21. The largest absolute Gasteiger partial charge is 0.437 e. The third-order valence-corrected chi connectivity index (χ3v) is 8.40. The molecule has 0 saturated heterocycles. The second kappa shape index (κ2) is 9.13. The number of para-hydroxylation sites is 3. The van der Waals surface area contributed by atoms with Gasteiger partial charge in [0.1, 0.15) is 11.4 Å². The van der Waals surface area contributed by atoms with Crippen molar-refractivity contribution in [2.45, 2.75) is 6.85 Å². The molecule has 0 aliphatic rings. The van der Waals surface area contributed by atoms with Crippen molar-refractivity contribution in [3.05, 3.63) is 139 Å². The highest BCUT2D eigenvalue weighted by Crippen LogP contribution is 2.40. The summed E-state index contributed by atoms with van der Waals surface area (Å²) in [6.07, 6.45) is 1.80. The molecule has 0 spiro atoms. The van der Waals surface area contributed by atoms with Gasteiger partial charge in [-0.15, -0.1) is 0 Å². The predicted octanol–water partition coefficient (Wildman–Crippen LogP) is 10.3. The molecule has 4 nitrogen and oxygen atoms in total. The van der Waals surface area contributed by atoms with Gasteiger partial charge in [-0.3, -0.25) is 4.57 Å². The van der Waals surface area contributed by atoms with Crippen LogP contribution >= 0.6 is 0 Å². The Labute approximate surface area is 251 Å². The van der Waals surface area contributed by atoms with Crippen LogP contribution < -0.4 is 0 Å². The standard InChI is InChI=1S/C39H25N3O/c1-24-20-21-28(30-14-5-4-12-27(24)30)26-22-33-31-15-9-16-32(37(31)43-39(33)40-23-26)38-41-34-17-6-7-18-36(34)42(38)35-19-8-11-25-10-2-3-13-29(25)35/h2-23H,1H3/i1D3. The lowest BCUT2D eigenvalue weighted by Gasteiger charge is -2.13. The van der Waals surface area contributed by atoms with Crippen LogP contribution in [0, 0.1) is 6.85 Å². The minimum absolute atomic E-state index is 0.341. The van der Waals surface area contributed by atoms with Crippen LogP contribution in [0.2, 0.25) is 0 Å². The molecule has 0 unspecified atom stereocenters. The molecule has 0 aliphatic carbocycles. The van der Waals surface area contributed by atoms with Crippen molar-refractivity contribution in [1.29, 1.82) is 0 Å². The number of pyridine rings is 1. The number of rotatable bonds is 3. The maximum atomic E-state index is 8.05. The van der Waals surface area contributed by atoms with E-state index < -0.39 is 6.85 Å². The minimum atomic E-state index is -2.21. The van der Waals surface area contributed by atoms with Crippen molar-refractivity contribution in [3.8, 4) is 28.2 Å². The van der Waals surface area contributed by atoms with Gasteiger partial charge in [0.25, 0.3) is 0 Å². The fourth-order valence-electron chi connectivity index (χ4n) is 6.41. The zero-order chi connectivity index (χ0) is 31.0. The molecule has 0 aliphatic heterocycles. The Morgan fingerprint density at radius 3 is 2.35 bits per heavy atom. The number of imidazole rings is 1. The molecule has 0 saturated carbocycles. The first-order valence-corrected chi connectivity index (χ1v) is 14.3. The first-order valence-electron chi connectivity index (χ1n) is 15.8. The van der Waals surface area contributed by atoms with E-state index in [2.05, 4.69) is 71.3 Å². The van der Waals surface area contributed by atoms with Crippen LogP contribution in [0.5, 0.6) is 0 Å². The molecule has 3 heterocycles. The zero-order valence-electron chi connectivity index (χ0n) is 26.0. The smallest absolute Gasteiger partial charge is 0.227 e. The number of benzene rings is 6. The van der Waals surface area contributed by atoms with Gasteiger partial charge in [-0.25, -0.2) is 9.97 Å². The minimum Gasteiger partial charge on any atom is -0.437 e. The molecule has 9 rings (SSSR count). The molecule has 43 heavy (non-hydrogen) atoms. The van der Waals surface area contributed by atoms with Crippen molar-refractivity contribution in [2.75, 3.05) is 0 Å². The molecule has 202 valence electrons. The molecule has 9 aromatic rings. The quantitative estimate of drug-likeness (QED) is 0.218. The second-order valence-electron chi connectivity index (χ2n) is 10.8. The molecule has 0 N–H and O–H groups in total. The van der Waals surface area contributed by atoms with Crippen molar-refractivity contribution >= 4 is 54.6 Å². The van der Waals surface area contributed by atoms with Gasteiger partial charge >= 0.3 is 0 Å². The van der Waals surface area contributed by atoms with Crippen LogP contribution in [-0.4, -0.2) is 14.5 Å². The van der Waals surface area contributed by atoms with E-state index in [0.717, 1.165) is 66.2 Å². The van der Waals surface area contributed by atoms with Crippen molar-refractivity contribution < 1.29 is 8.53 Å². The van der Waals surface area contributed by atoms with E-state index >= 15 is 0 Å². The van der Waals surface area contributed by atoms with E-state index in [4.69, 9.17) is 18.5 Å². The summed E-state index contributed by atoms with van der Waals surface area (Å²) < 4.78 is 32.9.